The van der Waals surface area contributed by atoms with Gasteiger partial charge in [0.2, 0.25) is 5.82 Å². The fourth-order valence-corrected chi connectivity index (χ4v) is 2.47. The average Bonchev–Trinajstić information content (AvgIpc) is 3.20. The summed E-state index contributed by atoms with van der Waals surface area (Å²) >= 11 is 0. The maximum absolute atomic E-state index is 11.9. The summed E-state index contributed by atoms with van der Waals surface area (Å²) in [5.74, 6) is 1.82. The first-order chi connectivity index (χ1) is 13.5. The first-order valence-corrected chi connectivity index (χ1v) is 8.90. The topological polar surface area (TPSA) is 83.7 Å². The van der Waals surface area contributed by atoms with Crippen molar-refractivity contribution in [2.75, 3.05) is 13.7 Å². The van der Waals surface area contributed by atoms with Gasteiger partial charge in [-0.05, 0) is 35.7 Å². The molecule has 28 heavy (non-hydrogen) atoms. The second-order valence-electron chi connectivity index (χ2n) is 6.42. The first kappa shape index (κ1) is 19.4. The quantitative estimate of drug-likeness (QED) is 0.545. The largest absolute Gasteiger partial charge is 0.497 e. The van der Waals surface area contributed by atoms with E-state index in [4.69, 9.17) is 18.7 Å². The van der Waals surface area contributed by atoms with Crippen LogP contribution >= 0.6 is 0 Å². The molecule has 146 valence electrons. The molecule has 0 fully saturated rings. The zero-order chi connectivity index (χ0) is 19.9. The minimum Gasteiger partial charge on any atom is -0.497 e. The number of rotatable bonds is 8. The number of esters is 1. The number of carbonyl (C=O) groups is 1. The van der Waals surface area contributed by atoms with Gasteiger partial charge in [0, 0.05) is 5.56 Å². The molecular formula is C21H22N2O5. The van der Waals surface area contributed by atoms with Crippen molar-refractivity contribution in [3.63, 3.8) is 0 Å². The Kier molecular flexibility index (Phi) is 6.26. The van der Waals surface area contributed by atoms with Crippen LogP contribution < -0.4 is 9.47 Å². The van der Waals surface area contributed by atoms with E-state index in [0.29, 0.717) is 23.2 Å². The minimum absolute atomic E-state index is 0.120. The van der Waals surface area contributed by atoms with E-state index < -0.39 is 5.97 Å². The first-order valence-electron chi connectivity index (χ1n) is 8.90. The summed E-state index contributed by atoms with van der Waals surface area (Å²) in [6.07, 6.45) is 0. The Morgan fingerprint density at radius 2 is 1.89 bits per heavy atom. The van der Waals surface area contributed by atoms with Gasteiger partial charge in [0.05, 0.1) is 7.11 Å². The smallest absolute Gasteiger partial charge is 0.344 e. The zero-order valence-corrected chi connectivity index (χ0v) is 16.0. The Morgan fingerprint density at radius 3 is 2.61 bits per heavy atom. The van der Waals surface area contributed by atoms with E-state index in [-0.39, 0.29) is 19.1 Å². The lowest BCUT2D eigenvalue weighted by Crippen LogP contribution is -2.14. The normalized spacial score (nSPS) is 10.7. The highest BCUT2D eigenvalue weighted by molar-refractivity contribution is 5.71. The molecule has 3 rings (SSSR count). The number of benzene rings is 2. The van der Waals surface area contributed by atoms with Gasteiger partial charge in [0.15, 0.2) is 13.2 Å². The van der Waals surface area contributed by atoms with Crippen LogP contribution in [0.4, 0.5) is 0 Å². The Bertz CT molecular complexity index is 919. The molecule has 0 radical (unpaired) electrons. The molecule has 0 saturated carbocycles. The summed E-state index contributed by atoms with van der Waals surface area (Å²) in [6.45, 7) is 3.91. The van der Waals surface area contributed by atoms with E-state index in [2.05, 4.69) is 24.0 Å². The molecule has 1 heterocycles. The average molecular weight is 382 g/mol. The standard InChI is InChI=1S/C21H22N2O5/c1-14(2)15-7-9-17(10-8-15)26-13-20(24)27-12-19-22-21(23-28-19)16-5-4-6-18(11-16)25-3/h4-11,14H,12-13H2,1-3H3. The second kappa shape index (κ2) is 9.03. The predicted molar refractivity (Wildman–Crippen MR) is 102 cm³/mol. The fourth-order valence-electron chi connectivity index (χ4n) is 2.47. The maximum atomic E-state index is 11.9. The van der Waals surface area contributed by atoms with Crippen molar-refractivity contribution in [1.82, 2.24) is 10.1 Å². The van der Waals surface area contributed by atoms with Gasteiger partial charge in [-0.1, -0.05) is 43.3 Å². The highest BCUT2D eigenvalue weighted by Crippen LogP contribution is 2.21. The number of nitrogens with zero attached hydrogens (tertiary/aromatic N) is 2. The predicted octanol–water partition coefficient (Wildman–Crippen LogP) is 3.99. The molecule has 0 aliphatic rings. The molecule has 7 heteroatoms. The van der Waals surface area contributed by atoms with Crippen LogP contribution in [0.1, 0.15) is 31.2 Å². The zero-order valence-electron chi connectivity index (χ0n) is 16.0. The maximum Gasteiger partial charge on any atom is 0.344 e. The molecule has 0 unspecified atom stereocenters. The van der Waals surface area contributed by atoms with Crippen molar-refractivity contribution in [2.45, 2.75) is 26.4 Å². The summed E-state index contributed by atoms with van der Waals surface area (Å²) in [7, 11) is 1.58. The molecule has 0 aliphatic carbocycles. The van der Waals surface area contributed by atoms with Gasteiger partial charge < -0.3 is 18.7 Å². The van der Waals surface area contributed by atoms with Crippen molar-refractivity contribution in [1.29, 1.82) is 0 Å². The van der Waals surface area contributed by atoms with E-state index >= 15 is 0 Å². The summed E-state index contributed by atoms with van der Waals surface area (Å²) in [5.41, 5.74) is 1.95. The fraction of sp³-hybridized carbons (Fsp3) is 0.286. The van der Waals surface area contributed by atoms with Gasteiger partial charge in [-0.2, -0.15) is 4.98 Å². The van der Waals surface area contributed by atoms with Gasteiger partial charge in [0.1, 0.15) is 11.5 Å². The van der Waals surface area contributed by atoms with Crippen molar-refractivity contribution in [3.8, 4) is 22.9 Å². The van der Waals surface area contributed by atoms with Crippen LogP contribution in [0.5, 0.6) is 11.5 Å². The number of methoxy groups -OCH3 is 1. The molecule has 0 saturated heterocycles. The van der Waals surface area contributed by atoms with Crippen LogP contribution in [0.15, 0.2) is 53.1 Å². The molecule has 1 aromatic heterocycles. The van der Waals surface area contributed by atoms with Crippen LogP contribution in [0.25, 0.3) is 11.4 Å². The third-order valence-electron chi connectivity index (χ3n) is 4.06. The number of hydrogen-bond acceptors (Lipinski definition) is 7. The van der Waals surface area contributed by atoms with Crippen molar-refractivity contribution in [2.24, 2.45) is 0 Å². The SMILES string of the molecule is COc1cccc(-c2noc(COC(=O)COc3ccc(C(C)C)cc3)n2)c1. The monoisotopic (exact) mass is 382 g/mol. The van der Waals surface area contributed by atoms with Crippen LogP contribution in [0.3, 0.4) is 0 Å². The molecule has 0 atom stereocenters. The van der Waals surface area contributed by atoms with Crippen LogP contribution in [-0.2, 0) is 16.1 Å². The van der Waals surface area contributed by atoms with Gasteiger partial charge in [-0.3, -0.25) is 0 Å². The Balaban J connectivity index is 1.49. The van der Waals surface area contributed by atoms with E-state index in [0.717, 1.165) is 5.56 Å². The summed E-state index contributed by atoms with van der Waals surface area (Å²) in [4.78, 5) is 16.1. The molecule has 7 nitrogen and oxygen atoms in total. The van der Waals surface area contributed by atoms with Crippen molar-refractivity contribution < 1.29 is 23.5 Å². The van der Waals surface area contributed by atoms with Gasteiger partial charge in [-0.15, -0.1) is 0 Å². The lowest BCUT2D eigenvalue weighted by atomic mass is 10.0. The number of aromatic nitrogens is 2. The number of hydrogen-bond donors (Lipinski definition) is 0. The number of carbonyl (C=O) groups excluding carboxylic acids is 1. The highest BCUT2D eigenvalue weighted by Gasteiger charge is 2.12. The molecule has 3 aromatic rings. The summed E-state index contributed by atoms with van der Waals surface area (Å²) in [5, 5.41) is 3.89. The van der Waals surface area contributed by atoms with Crippen molar-refractivity contribution >= 4 is 5.97 Å². The van der Waals surface area contributed by atoms with Gasteiger partial charge >= 0.3 is 5.97 Å². The van der Waals surface area contributed by atoms with Crippen LogP contribution in [-0.4, -0.2) is 29.8 Å². The third kappa shape index (κ3) is 5.09. The van der Waals surface area contributed by atoms with Crippen LogP contribution in [0, 0.1) is 0 Å². The Morgan fingerprint density at radius 1 is 1.11 bits per heavy atom. The summed E-state index contributed by atoms with van der Waals surface area (Å²) < 4.78 is 20.9. The van der Waals surface area contributed by atoms with Gasteiger partial charge in [0.25, 0.3) is 5.89 Å². The lowest BCUT2D eigenvalue weighted by molar-refractivity contribution is -0.148. The second-order valence-corrected chi connectivity index (χ2v) is 6.42. The molecule has 0 bridgehead atoms. The molecular weight excluding hydrogens is 360 g/mol. The highest BCUT2D eigenvalue weighted by atomic mass is 16.6. The molecule has 0 spiro atoms. The molecule has 0 N–H and O–H groups in total. The molecule has 0 amide bonds. The van der Waals surface area contributed by atoms with E-state index in [1.54, 1.807) is 13.2 Å². The van der Waals surface area contributed by atoms with E-state index in [1.807, 2.05) is 42.5 Å². The summed E-state index contributed by atoms with van der Waals surface area (Å²) in [6, 6.07) is 14.9. The van der Waals surface area contributed by atoms with Crippen molar-refractivity contribution in [3.05, 3.63) is 60.0 Å². The minimum atomic E-state index is -0.519. The Labute approximate surface area is 163 Å². The van der Waals surface area contributed by atoms with Crippen LogP contribution in [0.2, 0.25) is 0 Å². The Hall–Kier alpha value is -3.35. The van der Waals surface area contributed by atoms with E-state index in [1.165, 1.54) is 5.56 Å². The van der Waals surface area contributed by atoms with E-state index in [9.17, 15) is 4.79 Å². The third-order valence-corrected chi connectivity index (χ3v) is 4.06. The molecule has 2 aromatic carbocycles. The molecule has 0 aliphatic heterocycles. The number of ether oxygens (including phenoxy) is 3. The van der Waals surface area contributed by atoms with Gasteiger partial charge in [-0.25, -0.2) is 4.79 Å². The lowest BCUT2D eigenvalue weighted by Gasteiger charge is -2.08.